The van der Waals surface area contributed by atoms with Gasteiger partial charge in [0.25, 0.3) is 0 Å². The van der Waals surface area contributed by atoms with Gasteiger partial charge < -0.3 is 80.2 Å². The topological polar surface area (TPSA) is 297 Å². The van der Waals surface area contributed by atoms with Crippen molar-refractivity contribution in [3.63, 3.8) is 0 Å². The zero-order chi connectivity index (χ0) is 45.1. The number of carboxylic acid groups (broad SMARTS) is 1. The van der Waals surface area contributed by atoms with E-state index in [2.05, 4.69) is 0 Å². The van der Waals surface area contributed by atoms with Gasteiger partial charge >= 0.3 is 11.8 Å². The molecule has 0 aromatic heterocycles. The molecule has 4 aliphatic heterocycles. The molecule has 0 fully saturated rings. The summed E-state index contributed by atoms with van der Waals surface area (Å²) in [7, 11) is 0. The van der Waals surface area contributed by atoms with Gasteiger partial charge in [-0.1, -0.05) is 24.3 Å². The van der Waals surface area contributed by atoms with Crippen molar-refractivity contribution in [3.05, 3.63) is 142 Å². The van der Waals surface area contributed by atoms with Gasteiger partial charge in [0.05, 0.1) is 18.3 Å². The third-order valence-electron chi connectivity index (χ3n) is 12.5. The van der Waals surface area contributed by atoms with E-state index in [1.54, 1.807) is 0 Å². The van der Waals surface area contributed by atoms with Crippen molar-refractivity contribution in [2.75, 3.05) is 0 Å². The van der Waals surface area contributed by atoms with Gasteiger partial charge in [0.2, 0.25) is 0 Å². The minimum absolute atomic E-state index is 0.00452. The molecule has 328 valence electrons. The van der Waals surface area contributed by atoms with Gasteiger partial charge in [0, 0.05) is 63.6 Å². The lowest BCUT2D eigenvalue weighted by molar-refractivity contribution is -0.219. The highest BCUT2D eigenvalue weighted by Gasteiger charge is 2.61. The van der Waals surface area contributed by atoms with Crippen molar-refractivity contribution >= 4 is 5.97 Å². The Morgan fingerprint density at radius 3 is 1.53 bits per heavy atom. The number of phenols is 8. The number of hydrogen-bond acceptors (Lipinski definition) is 16. The lowest BCUT2D eigenvalue weighted by Crippen LogP contribution is -2.57. The number of fused-ring (bicyclic) bond motifs is 9. The zero-order valence-electron chi connectivity index (χ0n) is 33.0. The first-order valence-corrected chi connectivity index (χ1v) is 19.9. The van der Waals surface area contributed by atoms with Crippen LogP contribution in [0.5, 0.6) is 69.0 Å². The molecular weight excluding hydrogens is 836 g/mol. The summed E-state index contributed by atoms with van der Waals surface area (Å²) >= 11 is 0. The Hall–Kier alpha value is -7.73. The normalized spacial score (nSPS) is 26.0. The van der Waals surface area contributed by atoms with Crippen molar-refractivity contribution in [1.29, 1.82) is 0 Å². The Morgan fingerprint density at radius 2 is 0.969 bits per heavy atom. The fourth-order valence-electron chi connectivity index (χ4n) is 9.74. The summed E-state index contributed by atoms with van der Waals surface area (Å²) in [5.74, 6) is -12.0. The second-order valence-electron chi connectivity index (χ2n) is 16.3. The molecule has 0 spiro atoms. The number of aromatic hydroxyl groups is 8. The van der Waals surface area contributed by atoms with Crippen LogP contribution in [0.4, 0.5) is 0 Å². The number of aliphatic carboxylic acids is 1. The monoisotopic (exact) mass is 874 g/mol. The fourth-order valence-corrected chi connectivity index (χ4v) is 9.74. The van der Waals surface area contributed by atoms with Crippen molar-refractivity contribution in [2.24, 2.45) is 0 Å². The summed E-state index contributed by atoms with van der Waals surface area (Å²) < 4.78 is 26.0. The first-order chi connectivity index (χ1) is 30.6. The molecule has 0 radical (unpaired) electrons. The Kier molecular flexibility index (Phi) is 9.09. The van der Waals surface area contributed by atoms with Gasteiger partial charge in [-0.2, -0.15) is 0 Å². The van der Waals surface area contributed by atoms with Crippen molar-refractivity contribution < 1.29 is 85.0 Å². The number of carboxylic acids is 1. The molecule has 17 heteroatoms. The van der Waals surface area contributed by atoms with Crippen LogP contribution in [0.1, 0.15) is 80.9 Å². The molecule has 0 saturated carbocycles. The summed E-state index contributed by atoms with van der Waals surface area (Å²) in [4.78, 5) is 12.4. The number of benzene rings is 6. The average Bonchev–Trinajstić information content (AvgIpc) is 3.23. The molecule has 10 rings (SSSR count). The summed E-state index contributed by atoms with van der Waals surface area (Å²) in [5, 5.41) is 135. The molecule has 0 unspecified atom stereocenters. The van der Waals surface area contributed by atoms with Crippen LogP contribution >= 0.6 is 0 Å². The van der Waals surface area contributed by atoms with Crippen molar-refractivity contribution in [3.8, 4) is 69.0 Å². The van der Waals surface area contributed by atoms with Crippen LogP contribution in [0.15, 0.2) is 97.1 Å². The van der Waals surface area contributed by atoms with Gasteiger partial charge in [0.15, 0.2) is 12.2 Å². The molecule has 4 heterocycles. The highest BCUT2D eigenvalue weighted by molar-refractivity contribution is 5.74. The lowest BCUT2D eigenvalue weighted by Gasteiger charge is -2.51. The smallest absolute Gasteiger partial charge is 0.305 e. The predicted molar refractivity (Wildman–Crippen MR) is 218 cm³/mol. The predicted octanol–water partition coefficient (Wildman–Crippen LogP) is 5.14. The van der Waals surface area contributed by atoms with Gasteiger partial charge in [-0.15, -0.1) is 0 Å². The maximum absolute atomic E-state index is 12.6. The number of aliphatic hydroxyl groups excluding tert-OH is 3. The van der Waals surface area contributed by atoms with E-state index >= 15 is 0 Å². The Labute approximate surface area is 361 Å². The Balaban J connectivity index is 1.26. The van der Waals surface area contributed by atoms with E-state index in [0.717, 1.165) is 18.2 Å². The second kappa shape index (κ2) is 14.4. The molecule has 4 aliphatic rings. The van der Waals surface area contributed by atoms with E-state index in [1.807, 2.05) is 0 Å². The van der Waals surface area contributed by atoms with E-state index in [4.69, 9.17) is 18.9 Å². The van der Waals surface area contributed by atoms with Crippen LogP contribution in [0, 0.1) is 0 Å². The molecule has 2 bridgehead atoms. The molecular formula is C47H38O17. The van der Waals surface area contributed by atoms with E-state index in [9.17, 15) is 66.1 Å². The maximum atomic E-state index is 12.6. The third-order valence-corrected chi connectivity index (χ3v) is 12.5. The summed E-state index contributed by atoms with van der Waals surface area (Å²) in [6.45, 7) is 0. The summed E-state index contributed by atoms with van der Waals surface area (Å²) in [5.41, 5.74) is -0.107. The number of rotatable bonds is 6. The van der Waals surface area contributed by atoms with Gasteiger partial charge in [-0.05, 0) is 59.7 Å². The van der Waals surface area contributed by atoms with E-state index in [0.29, 0.717) is 0 Å². The third kappa shape index (κ3) is 6.00. The Morgan fingerprint density at radius 1 is 0.500 bits per heavy atom. The van der Waals surface area contributed by atoms with Crippen LogP contribution in [0.25, 0.3) is 0 Å². The molecule has 17 nitrogen and oxygen atoms in total. The van der Waals surface area contributed by atoms with Crippen LogP contribution in [0.3, 0.4) is 0 Å². The number of aliphatic hydroxyl groups is 3. The van der Waals surface area contributed by atoms with E-state index in [-0.39, 0.29) is 84.8 Å². The first-order valence-electron chi connectivity index (χ1n) is 19.9. The van der Waals surface area contributed by atoms with E-state index < -0.39 is 95.2 Å². The standard InChI is InChI=1S/C47H38O17/c48-21-7-1-18(2-8-21)42-40(58)25(15-32(56)57)33-27(53)16-28(54)35(44(33)61-42)38-36-29(55)17-31-37(45(36)62-43(41(38)59)19-3-9-22(49)10-4-19)39-34-26(52)13-24(51)14-30(34)63-47(64-31,46(39)60)20-5-11-23(50)12-6-20/h1-14,16-17,25,38-43,46,48-55,58-60H,15H2,(H,56,57)/t25-,38-,39+,40+,41+,42+,43+,46+,47-/m0/s1. The lowest BCUT2D eigenvalue weighted by atomic mass is 9.71. The molecule has 0 amide bonds. The molecule has 0 saturated heterocycles. The van der Waals surface area contributed by atoms with E-state index in [1.165, 1.54) is 78.9 Å². The van der Waals surface area contributed by atoms with Crippen molar-refractivity contribution in [1.82, 2.24) is 0 Å². The highest BCUT2D eigenvalue weighted by Crippen LogP contribution is 2.65. The summed E-state index contributed by atoms with van der Waals surface area (Å²) in [6.07, 6.45) is -8.75. The Bertz CT molecular complexity index is 2860. The quantitative estimate of drug-likeness (QED) is 0.103. The van der Waals surface area contributed by atoms with Crippen LogP contribution in [-0.4, -0.2) is 85.6 Å². The molecule has 64 heavy (non-hydrogen) atoms. The average molecular weight is 875 g/mol. The number of carbonyl (C=O) groups is 1. The maximum Gasteiger partial charge on any atom is 0.305 e. The molecule has 12 N–H and O–H groups in total. The van der Waals surface area contributed by atoms with Crippen molar-refractivity contribution in [2.45, 2.75) is 60.5 Å². The first kappa shape index (κ1) is 40.3. The van der Waals surface area contributed by atoms with Crippen LogP contribution in [0.2, 0.25) is 0 Å². The van der Waals surface area contributed by atoms with Crippen LogP contribution < -0.4 is 18.9 Å². The minimum Gasteiger partial charge on any atom is -0.508 e. The molecule has 6 aromatic carbocycles. The van der Waals surface area contributed by atoms with Gasteiger partial charge in [-0.25, -0.2) is 0 Å². The highest BCUT2D eigenvalue weighted by atomic mass is 16.7. The fraction of sp³-hybridized carbons (Fsp3) is 0.213. The largest absolute Gasteiger partial charge is 0.508 e. The number of hydrogen-bond donors (Lipinski definition) is 12. The SMILES string of the molecule is O=C(O)C[C@H]1c2c(O)cc(O)c([C@H]3c4c(O)cc5c(c4O[C@H](c4ccc(O)cc4)[C@@H]3O)[C@H]3c4c(O)cc(O)cc4O[C@@](c4ccc(O)cc4)(O5)[C@@H]3O)c2O[C@H](c2ccc(O)cc2)[C@@H]1O. The number of phenolic OH excluding ortho intramolecular Hbond substituents is 8. The minimum atomic E-state index is -2.14. The second-order valence-corrected chi connectivity index (χ2v) is 16.3. The van der Waals surface area contributed by atoms with Crippen LogP contribution in [-0.2, 0) is 10.6 Å². The molecule has 6 aromatic rings. The summed E-state index contributed by atoms with van der Waals surface area (Å²) in [6, 6.07) is 20.8. The molecule has 9 atom stereocenters. The molecule has 0 aliphatic carbocycles. The van der Waals surface area contributed by atoms with Gasteiger partial charge in [-0.3, -0.25) is 4.79 Å². The van der Waals surface area contributed by atoms with Gasteiger partial charge in [0.1, 0.15) is 87.3 Å². The number of ether oxygens (including phenoxy) is 4. The zero-order valence-corrected chi connectivity index (χ0v) is 33.0.